The average molecular weight is 390 g/mol. The van der Waals surface area contributed by atoms with Gasteiger partial charge in [-0.2, -0.15) is 0 Å². The molecule has 1 aromatic carbocycles. The largest absolute Gasteiger partial charge is 0.370 e. The van der Waals surface area contributed by atoms with Crippen molar-refractivity contribution in [1.82, 2.24) is 5.32 Å². The van der Waals surface area contributed by atoms with E-state index in [-0.39, 0.29) is 17.9 Å². The number of nitrogens with two attached hydrogens (primary N) is 2. The molecule has 0 heterocycles. The maximum atomic E-state index is 11.2. The maximum Gasteiger partial charge on any atom is 0.219 e. The van der Waals surface area contributed by atoms with Crippen LogP contribution >= 0.6 is 0 Å². The fourth-order valence-electron chi connectivity index (χ4n) is 2.68. The van der Waals surface area contributed by atoms with E-state index in [4.69, 9.17) is 11.5 Å². The van der Waals surface area contributed by atoms with Crippen molar-refractivity contribution in [2.24, 2.45) is 11.5 Å². The lowest BCUT2D eigenvalue weighted by Gasteiger charge is -2.11. The molecule has 0 fully saturated rings. The first-order chi connectivity index (χ1) is 13.4. The van der Waals surface area contributed by atoms with Gasteiger partial charge >= 0.3 is 0 Å². The number of benzene rings is 1. The molecule has 2 amide bonds. The highest BCUT2D eigenvalue weighted by Gasteiger charge is 2.06. The average Bonchev–Trinajstić information content (AvgIpc) is 2.70. The van der Waals surface area contributed by atoms with E-state index in [1.807, 2.05) is 26.0 Å². The molecule has 0 aliphatic heterocycles. The molecule has 5 N–H and O–H groups in total. The second kappa shape index (κ2) is 17.0. The highest BCUT2D eigenvalue weighted by Crippen LogP contribution is 2.13. The molecular weight excluding hydrogens is 350 g/mol. The molecule has 5 nitrogen and oxygen atoms in total. The van der Waals surface area contributed by atoms with E-state index < -0.39 is 0 Å². The number of hydrogen-bond donors (Lipinski definition) is 3. The van der Waals surface area contributed by atoms with E-state index >= 15 is 0 Å². The third kappa shape index (κ3) is 15.0. The fraction of sp³-hybridized carbons (Fsp3) is 0.565. The van der Waals surface area contributed by atoms with E-state index in [2.05, 4.69) is 29.6 Å². The summed E-state index contributed by atoms with van der Waals surface area (Å²) in [4.78, 5) is 21.9. The molecule has 5 heteroatoms. The predicted molar refractivity (Wildman–Crippen MR) is 118 cm³/mol. The van der Waals surface area contributed by atoms with Crippen molar-refractivity contribution in [1.29, 1.82) is 0 Å². The van der Waals surface area contributed by atoms with E-state index in [9.17, 15) is 9.59 Å². The van der Waals surface area contributed by atoms with Gasteiger partial charge in [-0.15, -0.1) is 0 Å². The van der Waals surface area contributed by atoms with Crippen molar-refractivity contribution in [2.45, 2.75) is 77.7 Å². The number of rotatable bonds is 12. The third-order valence-electron chi connectivity index (χ3n) is 4.54. The van der Waals surface area contributed by atoms with Crippen LogP contribution in [0.1, 0.15) is 69.9 Å². The number of primary amides is 1. The van der Waals surface area contributed by atoms with Gasteiger partial charge in [-0.25, -0.2) is 0 Å². The van der Waals surface area contributed by atoms with Crippen LogP contribution in [0.15, 0.2) is 36.4 Å². The van der Waals surface area contributed by atoms with Gasteiger partial charge in [0.05, 0.1) is 0 Å². The second-order valence-corrected chi connectivity index (χ2v) is 7.02. The number of aryl methyl sites for hydroxylation is 2. The lowest BCUT2D eigenvalue weighted by atomic mass is 9.99. The Hall–Kier alpha value is -2.14. The van der Waals surface area contributed by atoms with Gasteiger partial charge < -0.3 is 16.8 Å². The van der Waals surface area contributed by atoms with Gasteiger partial charge in [0.2, 0.25) is 11.8 Å². The molecule has 28 heavy (non-hydrogen) atoms. The van der Waals surface area contributed by atoms with Crippen molar-refractivity contribution < 1.29 is 9.59 Å². The number of carbonyl (C=O) groups is 2. The molecule has 1 aromatic rings. The summed E-state index contributed by atoms with van der Waals surface area (Å²) in [6, 6.07) is 8.61. The summed E-state index contributed by atoms with van der Waals surface area (Å²) < 4.78 is 0. The Morgan fingerprint density at radius 1 is 1.00 bits per heavy atom. The van der Waals surface area contributed by atoms with Crippen LogP contribution in [0.5, 0.6) is 0 Å². The van der Waals surface area contributed by atoms with Gasteiger partial charge in [0.1, 0.15) is 0 Å². The van der Waals surface area contributed by atoms with Crippen molar-refractivity contribution >= 4 is 11.8 Å². The van der Waals surface area contributed by atoms with Gasteiger partial charge in [-0.05, 0) is 63.5 Å². The molecule has 0 radical (unpaired) electrons. The standard InChI is InChI=1S/C19H31N3O2.C4H8/c1-22-19(24)9-4-2-3-6-15-7-5-8-16(14-15)10-11-17(20)12-13-18(21)23;1-3-4-2/h5,7-8,14,17H,2-4,6,9-13,20H2,1H3,(H2,21,23)(H,22,24);3-4H,1-2H3/b;4-3-. The summed E-state index contributed by atoms with van der Waals surface area (Å²) in [5, 5.41) is 2.64. The maximum absolute atomic E-state index is 11.2. The Morgan fingerprint density at radius 3 is 2.21 bits per heavy atom. The zero-order valence-corrected chi connectivity index (χ0v) is 17.9. The Kier molecular flexibility index (Phi) is 15.7. The Labute approximate surface area is 171 Å². The molecule has 158 valence electrons. The molecular formula is C23H39N3O2. The quantitative estimate of drug-likeness (QED) is 0.376. The lowest BCUT2D eigenvalue weighted by Crippen LogP contribution is -2.23. The lowest BCUT2D eigenvalue weighted by molar-refractivity contribution is -0.120. The molecule has 0 aromatic heterocycles. The summed E-state index contributed by atoms with van der Waals surface area (Å²) in [5.41, 5.74) is 13.8. The van der Waals surface area contributed by atoms with E-state index in [0.717, 1.165) is 38.5 Å². The van der Waals surface area contributed by atoms with E-state index in [0.29, 0.717) is 19.3 Å². The number of amides is 2. The molecule has 1 rings (SSSR count). The Morgan fingerprint density at radius 2 is 1.64 bits per heavy atom. The molecule has 0 aliphatic rings. The fourth-order valence-corrected chi connectivity index (χ4v) is 2.68. The van der Waals surface area contributed by atoms with Crippen LogP contribution in [-0.4, -0.2) is 24.9 Å². The van der Waals surface area contributed by atoms with Crippen LogP contribution in [0.2, 0.25) is 0 Å². The minimum absolute atomic E-state index is 0.0193. The zero-order valence-electron chi connectivity index (χ0n) is 17.9. The first-order valence-corrected chi connectivity index (χ1v) is 10.3. The molecule has 0 saturated heterocycles. The van der Waals surface area contributed by atoms with Crippen LogP contribution < -0.4 is 16.8 Å². The van der Waals surface area contributed by atoms with Crippen molar-refractivity contribution in [3.8, 4) is 0 Å². The first-order valence-electron chi connectivity index (χ1n) is 10.3. The second-order valence-electron chi connectivity index (χ2n) is 7.02. The van der Waals surface area contributed by atoms with E-state index in [1.165, 1.54) is 11.1 Å². The van der Waals surface area contributed by atoms with Gasteiger partial charge in [-0.3, -0.25) is 9.59 Å². The number of allylic oxidation sites excluding steroid dienone is 2. The molecule has 1 atom stereocenters. The smallest absolute Gasteiger partial charge is 0.219 e. The van der Waals surface area contributed by atoms with Gasteiger partial charge in [-0.1, -0.05) is 42.8 Å². The van der Waals surface area contributed by atoms with Gasteiger partial charge in [0, 0.05) is 25.9 Å². The van der Waals surface area contributed by atoms with Crippen molar-refractivity contribution in [3.63, 3.8) is 0 Å². The van der Waals surface area contributed by atoms with Crippen LogP contribution in [0.4, 0.5) is 0 Å². The van der Waals surface area contributed by atoms with E-state index in [1.54, 1.807) is 7.05 Å². The molecule has 1 unspecified atom stereocenters. The Balaban J connectivity index is 0.00000165. The summed E-state index contributed by atoms with van der Waals surface area (Å²) in [6.45, 7) is 4.00. The first kappa shape index (κ1) is 25.9. The third-order valence-corrected chi connectivity index (χ3v) is 4.54. The summed E-state index contributed by atoms with van der Waals surface area (Å²) in [6.07, 6.45) is 11.5. The molecule has 0 spiro atoms. The minimum atomic E-state index is -0.288. The van der Waals surface area contributed by atoms with Gasteiger partial charge in [0.25, 0.3) is 0 Å². The Bertz CT molecular complexity index is 581. The number of nitrogens with one attached hydrogen (secondary N) is 1. The van der Waals surface area contributed by atoms with Crippen molar-refractivity contribution in [3.05, 3.63) is 47.5 Å². The minimum Gasteiger partial charge on any atom is -0.370 e. The van der Waals surface area contributed by atoms with Crippen molar-refractivity contribution in [2.75, 3.05) is 7.05 Å². The van der Waals surface area contributed by atoms with Crippen LogP contribution in [0.25, 0.3) is 0 Å². The highest BCUT2D eigenvalue weighted by molar-refractivity contribution is 5.75. The number of hydrogen-bond acceptors (Lipinski definition) is 3. The molecule has 0 saturated carbocycles. The summed E-state index contributed by atoms with van der Waals surface area (Å²) >= 11 is 0. The van der Waals surface area contributed by atoms with Gasteiger partial charge in [0.15, 0.2) is 0 Å². The number of carbonyl (C=O) groups excluding carboxylic acids is 2. The number of unbranched alkanes of at least 4 members (excludes halogenated alkanes) is 2. The SMILES string of the molecule is C/C=C\C.CNC(=O)CCCCCc1cccc(CCC(N)CCC(N)=O)c1. The van der Waals surface area contributed by atoms with Crippen LogP contribution in [0, 0.1) is 0 Å². The molecule has 0 bridgehead atoms. The van der Waals surface area contributed by atoms with Crippen LogP contribution in [0.3, 0.4) is 0 Å². The predicted octanol–water partition coefficient (Wildman–Crippen LogP) is 3.64. The highest BCUT2D eigenvalue weighted by atomic mass is 16.1. The molecule has 0 aliphatic carbocycles. The summed E-state index contributed by atoms with van der Waals surface area (Å²) in [7, 11) is 1.67. The van der Waals surface area contributed by atoms with Crippen LogP contribution in [-0.2, 0) is 22.4 Å². The topological polar surface area (TPSA) is 98.2 Å². The summed E-state index contributed by atoms with van der Waals surface area (Å²) in [5.74, 6) is -0.173. The normalized spacial score (nSPS) is 11.6. The monoisotopic (exact) mass is 389 g/mol. The zero-order chi connectivity index (χ0) is 21.2.